The van der Waals surface area contributed by atoms with E-state index in [0.717, 1.165) is 56.0 Å². The average molecular weight is 371 g/mol. The van der Waals surface area contributed by atoms with E-state index in [2.05, 4.69) is 11.8 Å². The molecule has 2 fully saturated rings. The summed E-state index contributed by atoms with van der Waals surface area (Å²) in [6.45, 7) is 5.15. The van der Waals surface area contributed by atoms with Gasteiger partial charge in [-0.1, -0.05) is 0 Å². The first-order chi connectivity index (χ1) is 11.9. The maximum absolute atomic E-state index is 12.8. The van der Waals surface area contributed by atoms with Crippen molar-refractivity contribution in [1.29, 1.82) is 0 Å². The minimum absolute atomic E-state index is 0.128. The van der Waals surface area contributed by atoms with Crippen molar-refractivity contribution in [1.82, 2.24) is 4.90 Å². The van der Waals surface area contributed by atoms with Gasteiger partial charge in [-0.3, -0.25) is 0 Å². The molecule has 0 aromatic carbocycles. The van der Waals surface area contributed by atoms with E-state index in [0.29, 0.717) is 18.7 Å². The van der Waals surface area contributed by atoms with E-state index in [4.69, 9.17) is 10.5 Å². The van der Waals surface area contributed by atoms with Crippen molar-refractivity contribution >= 4 is 11.3 Å². The normalized spacial score (nSPS) is 35.8. The third-order valence-corrected chi connectivity index (χ3v) is 7.58. The third-order valence-electron chi connectivity index (χ3n) is 6.20. The molecule has 0 amide bonds. The summed E-state index contributed by atoms with van der Waals surface area (Å²) >= 11 is 1.56. The van der Waals surface area contributed by atoms with Crippen LogP contribution < -0.4 is 5.73 Å². The first-order valence-electron chi connectivity index (χ1n) is 9.49. The summed E-state index contributed by atoms with van der Waals surface area (Å²) in [5, 5.41) is 0. The summed E-state index contributed by atoms with van der Waals surface area (Å²) in [4.78, 5) is 4.61. The van der Waals surface area contributed by atoms with Gasteiger partial charge in [-0.25, -0.2) is 8.78 Å². The van der Waals surface area contributed by atoms with E-state index in [1.165, 1.54) is 10.4 Å². The van der Waals surface area contributed by atoms with E-state index in [-0.39, 0.29) is 12.0 Å². The van der Waals surface area contributed by atoms with E-state index >= 15 is 0 Å². The van der Waals surface area contributed by atoms with Gasteiger partial charge in [0, 0.05) is 41.3 Å². The summed E-state index contributed by atoms with van der Waals surface area (Å²) in [7, 11) is 0. The van der Waals surface area contributed by atoms with Crippen LogP contribution in [-0.2, 0) is 23.2 Å². The number of thiophene rings is 1. The second-order valence-electron chi connectivity index (χ2n) is 8.15. The Hall–Kier alpha value is -0.560. The molecule has 6 heteroatoms. The Morgan fingerprint density at radius 3 is 2.92 bits per heavy atom. The molecular weight excluding hydrogens is 342 g/mol. The molecule has 1 aliphatic carbocycles. The summed E-state index contributed by atoms with van der Waals surface area (Å²) in [6, 6.07) is 2.86. The highest BCUT2D eigenvalue weighted by Crippen LogP contribution is 2.47. The summed E-state index contributed by atoms with van der Waals surface area (Å²) < 4.78 is 31.9. The smallest absolute Gasteiger partial charge is 0.243 e. The highest BCUT2D eigenvalue weighted by molar-refractivity contribution is 7.12. The number of nitrogens with zero attached hydrogens (tertiary/aromatic N) is 1. The summed E-state index contributed by atoms with van der Waals surface area (Å²) in [5.74, 6) is 0.744. The number of halogens is 2. The van der Waals surface area contributed by atoms with Crippen molar-refractivity contribution < 1.29 is 13.5 Å². The number of hydrogen-bond acceptors (Lipinski definition) is 4. The lowest BCUT2D eigenvalue weighted by Gasteiger charge is -2.49. The third kappa shape index (κ3) is 3.51. The predicted octanol–water partition coefficient (Wildman–Crippen LogP) is 3.55. The predicted molar refractivity (Wildman–Crippen MR) is 96.3 cm³/mol. The van der Waals surface area contributed by atoms with Gasteiger partial charge in [0.15, 0.2) is 0 Å². The average Bonchev–Trinajstić information content (AvgIpc) is 2.92. The lowest BCUT2D eigenvalue weighted by atomic mass is 9.78. The van der Waals surface area contributed by atoms with Crippen molar-refractivity contribution in [2.75, 3.05) is 19.7 Å². The quantitative estimate of drug-likeness (QED) is 0.881. The van der Waals surface area contributed by atoms with E-state index in [1.54, 1.807) is 11.3 Å². The van der Waals surface area contributed by atoms with Crippen LogP contribution in [0.5, 0.6) is 0 Å². The molecular formula is C19H28F2N2OS. The molecule has 1 spiro atoms. The van der Waals surface area contributed by atoms with Gasteiger partial charge in [-0.2, -0.15) is 0 Å². The number of nitrogens with two attached hydrogens (primary N) is 1. The van der Waals surface area contributed by atoms with Crippen molar-refractivity contribution in [3.8, 4) is 0 Å². The van der Waals surface area contributed by atoms with Crippen LogP contribution >= 0.6 is 11.3 Å². The number of rotatable bonds is 4. The summed E-state index contributed by atoms with van der Waals surface area (Å²) in [6.07, 6.45) is 2.69. The SMILES string of the molecule is C[C@H]1C[C@@]2(CCN1CC1CC(N)C1)OCCc1cc(CC(F)F)sc12. The Bertz CT molecular complexity index is 617. The Morgan fingerprint density at radius 1 is 1.44 bits per heavy atom. The standard InChI is InChI=1S/C19H28F2N2OS/c1-12-10-19(3-4-23(12)11-13-6-15(22)7-13)18-14(2-5-24-19)8-16(25-18)9-17(20)21/h8,12-13,15,17H,2-7,9-11,22H2,1H3/t12-,13?,15?,19+/m0/s1. The molecule has 3 nitrogen and oxygen atoms in total. The summed E-state index contributed by atoms with van der Waals surface area (Å²) in [5.41, 5.74) is 6.92. The molecule has 25 heavy (non-hydrogen) atoms. The zero-order chi connectivity index (χ0) is 17.6. The number of ether oxygens (including phenoxy) is 1. The van der Waals surface area contributed by atoms with Crippen LogP contribution in [0.25, 0.3) is 0 Å². The van der Waals surface area contributed by atoms with Gasteiger partial charge in [0.05, 0.1) is 6.61 Å². The minimum Gasteiger partial charge on any atom is -0.369 e. The fourth-order valence-electron chi connectivity index (χ4n) is 4.86. The topological polar surface area (TPSA) is 38.5 Å². The van der Waals surface area contributed by atoms with Gasteiger partial charge in [-0.15, -0.1) is 11.3 Å². The van der Waals surface area contributed by atoms with Crippen molar-refractivity contribution in [3.05, 3.63) is 21.4 Å². The van der Waals surface area contributed by atoms with E-state index in [9.17, 15) is 8.78 Å². The van der Waals surface area contributed by atoms with Gasteiger partial charge >= 0.3 is 0 Å². The molecule has 0 unspecified atom stereocenters. The van der Waals surface area contributed by atoms with Gasteiger partial charge in [0.1, 0.15) is 5.60 Å². The molecule has 1 saturated carbocycles. The van der Waals surface area contributed by atoms with Gasteiger partial charge < -0.3 is 15.4 Å². The Morgan fingerprint density at radius 2 is 2.24 bits per heavy atom. The first kappa shape index (κ1) is 17.8. The largest absolute Gasteiger partial charge is 0.369 e. The molecule has 2 N–H and O–H groups in total. The fourth-order valence-corrected chi connectivity index (χ4v) is 6.26. The molecule has 3 aliphatic rings. The second-order valence-corrected chi connectivity index (χ2v) is 9.29. The minimum atomic E-state index is -2.27. The zero-order valence-corrected chi connectivity index (χ0v) is 15.7. The van der Waals surface area contributed by atoms with Crippen LogP contribution in [0, 0.1) is 5.92 Å². The van der Waals surface area contributed by atoms with Crippen molar-refractivity contribution in [2.45, 2.75) is 69.6 Å². The maximum atomic E-state index is 12.8. The molecule has 2 aliphatic heterocycles. The molecule has 3 heterocycles. The molecule has 1 aromatic rings. The number of alkyl halides is 2. The molecule has 1 saturated heterocycles. The zero-order valence-electron chi connectivity index (χ0n) is 14.8. The Labute approximate surface area is 152 Å². The number of piperidine rings is 1. The molecule has 2 atom stereocenters. The van der Waals surface area contributed by atoms with E-state index < -0.39 is 6.43 Å². The monoisotopic (exact) mass is 370 g/mol. The van der Waals surface area contributed by atoms with Crippen LogP contribution in [0.2, 0.25) is 0 Å². The van der Waals surface area contributed by atoms with Gasteiger partial charge in [-0.05, 0) is 56.6 Å². The van der Waals surface area contributed by atoms with Crippen LogP contribution in [0.1, 0.15) is 47.9 Å². The second kappa shape index (κ2) is 6.87. The van der Waals surface area contributed by atoms with Crippen LogP contribution in [0.4, 0.5) is 8.78 Å². The van der Waals surface area contributed by atoms with Gasteiger partial charge in [0.25, 0.3) is 0 Å². The number of fused-ring (bicyclic) bond motifs is 2. The number of hydrogen-bond donors (Lipinski definition) is 1. The fraction of sp³-hybridized carbons (Fsp3) is 0.789. The Balaban J connectivity index is 1.47. The molecule has 140 valence electrons. The van der Waals surface area contributed by atoms with Gasteiger partial charge in [0.2, 0.25) is 6.43 Å². The first-order valence-corrected chi connectivity index (χ1v) is 10.3. The van der Waals surface area contributed by atoms with E-state index in [1.807, 2.05) is 6.07 Å². The van der Waals surface area contributed by atoms with Crippen molar-refractivity contribution in [2.24, 2.45) is 11.7 Å². The highest BCUT2D eigenvalue weighted by Gasteiger charge is 2.45. The molecule has 4 rings (SSSR count). The lowest BCUT2D eigenvalue weighted by molar-refractivity contribution is -0.112. The molecule has 1 aromatic heterocycles. The lowest BCUT2D eigenvalue weighted by Crippen LogP contribution is -2.53. The van der Waals surface area contributed by atoms with Crippen LogP contribution in [0.15, 0.2) is 6.07 Å². The number of likely N-dealkylation sites (tertiary alicyclic amines) is 1. The van der Waals surface area contributed by atoms with Crippen LogP contribution in [-0.4, -0.2) is 43.1 Å². The molecule has 0 bridgehead atoms. The van der Waals surface area contributed by atoms with Crippen LogP contribution in [0.3, 0.4) is 0 Å². The highest BCUT2D eigenvalue weighted by atomic mass is 32.1. The Kier molecular flexibility index (Phi) is 4.90. The molecule has 0 radical (unpaired) electrons. The maximum Gasteiger partial charge on any atom is 0.243 e. The van der Waals surface area contributed by atoms with Crippen molar-refractivity contribution in [3.63, 3.8) is 0 Å².